The van der Waals surface area contributed by atoms with Gasteiger partial charge in [0.2, 0.25) is 0 Å². The van der Waals surface area contributed by atoms with E-state index in [1.165, 1.54) is 31.5 Å². The van der Waals surface area contributed by atoms with E-state index in [0.717, 1.165) is 13.0 Å². The van der Waals surface area contributed by atoms with Crippen molar-refractivity contribution in [1.82, 2.24) is 4.90 Å². The molecule has 0 bridgehead atoms. The van der Waals surface area contributed by atoms with Crippen molar-refractivity contribution in [2.24, 2.45) is 5.73 Å². The number of hydrogen-bond donors (Lipinski definition) is 1. The Morgan fingerprint density at radius 1 is 1.18 bits per heavy atom. The highest BCUT2D eigenvalue weighted by Gasteiger charge is 2.19. The van der Waals surface area contributed by atoms with Gasteiger partial charge < -0.3 is 5.73 Å². The van der Waals surface area contributed by atoms with Crippen LogP contribution in [0.5, 0.6) is 0 Å². The van der Waals surface area contributed by atoms with Crippen molar-refractivity contribution in [2.75, 3.05) is 19.6 Å². The topological polar surface area (TPSA) is 29.3 Å². The molecule has 1 fully saturated rings. The van der Waals surface area contributed by atoms with Crippen molar-refractivity contribution in [3.8, 4) is 0 Å². The summed E-state index contributed by atoms with van der Waals surface area (Å²) < 4.78 is 0. The summed E-state index contributed by atoms with van der Waals surface area (Å²) in [6.07, 6.45) is 8.17. The lowest BCUT2D eigenvalue weighted by molar-refractivity contribution is 0.249. The van der Waals surface area contributed by atoms with E-state index in [4.69, 9.17) is 5.73 Å². The van der Waals surface area contributed by atoms with Crippen LogP contribution in [0.15, 0.2) is 36.4 Å². The molecule has 1 unspecified atom stereocenters. The second-order valence-corrected chi connectivity index (χ2v) is 4.68. The average molecular weight is 230 g/mol. The SMILES string of the molecule is NCC(C/C=C\c1ccccc1)N1CCCC1. The van der Waals surface area contributed by atoms with E-state index in [1.54, 1.807) is 0 Å². The molecule has 2 heteroatoms. The van der Waals surface area contributed by atoms with E-state index in [-0.39, 0.29) is 0 Å². The van der Waals surface area contributed by atoms with E-state index in [2.05, 4.69) is 41.3 Å². The molecule has 2 nitrogen and oxygen atoms in total. The lowest BCUT2D eigenvalue weighted by atomic mass is 10.1. The Morgan fingerprint density at radius 3 is 2.53 bits per heavy atom. The van der Waals surface area contributed by atoms with Crippen LogP contribution < -0.4 is 5.73 Å². The fourth-order valence-electron chi connectivity index (χ4n) is 2.43. The summed E-state index contributed by atoms with van der Waals surface area (Å²) in [7, 11) is 0. The number of nitrogens with two attached hydrogens (primary N) is 1. The number of nitrogens with zero attached hydrogens (tertiary/aromatic N) is 1. The van der Waals surface area contributed by atoms with Gasteiger partial charge in [-0.15, -0.1) is 0 Å². The van der Waals surface area contributed by atoms with Crippen LogP contribution in [0.3, 0.4) is 0 Å². The van der Waals surface area contributed by atoms with Gasteiger partial charge in [0.25, 0.3) is 0 Å². The fraction of sp³-hybridized carbons (Fsp3) is 0.467. The van der Waals surface area contributed by atoms with Gasteiger partial charge in [0.1, 0.15) is 0 Å². The molecule has 92 valence electrons. The van der Waals surface area contributed by atoms with Crippen LogP contribution >= 0.6 is 0 Å². The van der Waals surface area contributed by atoms with Crippen LogP contribution in [0.2, 0.25) is 0 Å². The Bertz CT molecular complexity index is 339. The number of hydrogen-bond acceptors (Lipinski definition) is 2. The van der Waals surface area contributed by atoms with Crippen LogP contribution in [0.25, 0.3) is 6.08 Å². The summed E-state index contributed by atoms with van der Waals surface area (Å²) in [4.78, 5) is 2.52. The molecule has 2 rings (SSSR count). The van der Waals surface area contributed by atoms with E-state index < -0.39 is 0 Å². The lowest BCUT2D eigenvalue weighted by Gasteiger charge is -2.24. The molecule has 1 aliphatic heterocycles. The quantitative estimate of drug-likeness (QED) is 0.842. The molecule has 1 aliphatic rings. The van der Waals surface area contributed by atoms with E-state index >= 15 is 0 Å². The molecular formula is C15H22N2. The van der Waals surface area contributed by atoms with Crippen molar-refractivity contribution in [1.29, 1.82) is 0 Å². The summed E-state index contributed by atoms with van der Waals surface area (Å²) in [5.41, 5.74) is 7.12. The van der Waals surface area contributed by atoms with Crippen LogP contribution in [0.4, 0.5) is 0 Å². The first-order valence-corrected chi connectivity index (χ1v) is 6.56. The Labute approximate surface area is 104 Å². The van der Waals surface area contributed by atoms with Gasteiger partial charge in [-0.25, -0.2) is 0 Å². The molecule has 1 heterocycles. The molecule has 1 aromatic rings. The van der Waals surface area contributed by atoms with Gasteiger partial charge in [0.15, 0.2) is 0 Å². The highest BCUT2D eigenvalue weighted by atomic mass is 15.2. The first-order valence-electron chi connectivity index (χ1n) is 6.56. The zero-order valence-electron chi connectivity index (χ0n) is 10.4. The smallest absolute Gasteiger partial charge is 0.0252 e. The predicted octanol–water partition coefficient (Wildman–Crippen LogP) is 2.51. The minimum absolute atomic E-state index is 0.525. The second kappa shape index (κ2) is 6.58. The summed E-state index contributed by atoms with van der Waals surface area (Å²) in [5.74, 6) is 0. The highest BCUT2D eigenvalue weighted by molar-refractivity contribution is 5.48. The maximum Gasteiger partial charge on any atom is 0.0252 e. The van der Waals surface area contributed by atoms with Gasteiger partial charge in [-0.05, 0) is 37.9 Å². The maximum absolute atomic E-state index is 5.86. The monoisotopic (exact) mass is 230 g/mol. The zero-order valence-corrected chi connectivity index (χ0v) is 10.4. The third-order valence-corrected chi connectivity index (χ3v) is 3.45. The zero-order chi connectivity index (χ0) is 11.9. The summed E-state index contributed by atoms with van der Waals surface area (Å²) in [5, 5.41) is 0. The third-order valence-electron chi connectivity index (χ3n) is 3.45. The van der Waals surface area contributed by atoms with Gasteiger partial charge in [0.05, 0.1) is 0 Å². The third kappa shape index (κ3) is 3.69. The Morgan fingerprint density at radius 2 is 1.88 bits per heavy atom. The van der Waals surface area contributed by atoms with Crippen LogP contribution in [0.1, 0.15) is 24.8 Å². The van der Waals surface area contributed by atoms with Crippen molar-refractivity contribution >= 4 is 6.08 Å². The average Bonchev–Trinajstić information content (AvgIpc) is 2.90. The Kier molecular flexibility index (Phi) is 4.77. The summed E-state index contributed by atoms with van der Waals surface area (Å²) >= 11 is 0. The van der Waals surface area contributed by atoms with Gasteiger partial charge in [-0.2, -0.15) is 0 Å². The first-order chi connectivity index (χ1) is 8.40. The van der Waals surface area contributed by atoms with Crippen LogP contribution in [0, 0.1) is 0 Å². The van der Waals surface area contributed by atoms with E-state index in [0.29, 0.717) is 6.04 Å². The molecule has 1 saturated heterocycles. The number of likely N-dealkylation sites (tertiary alicyclic amines) is 1. The molecule has 0 radical (unpaired) electrons. The lowest BCUT2D eigenvalue weighted by Crippen LogP contribution is -2.38. The largest absolute Gasteiger partial charge is 0.329 e. The Balaban J connectivity index is 1.85. The minimum Gasteiger partial charge on any atom is -0.329 e. The van der Waals surface area contributed by atoms with E-state index in [1.807, 2.05) is 6.07 Å². The van der Waals surface area contributed by atoms with E-state index in [9.17, 15) is 0 Å². The minimum atomic E-state index is 0.525. The van der Waals surface area contributed by atoms with Crippen molar-refractivity contribution in [2.45, 2.75) is 25.3 Å². The fourth-order valence-corrected chi connectivity index (χ4v) is 2.43. The molecule has 2 N–H and O–H groups in total. The van der Waals surface area contributed by atoms with Crippen molar-refractivity contribution in [3.05, 3.63) is 42.0 Å². The van der Waals surface area contributed by atoms with Gasteiger partial charge in [0, 0.05) is 12.6 Å². The molecule has 0 aliphatic carbocycles. The molecule has 17 heavy (non-hydrogen) atoms. The highest BCUT2D eigenvalue weighted by Crippen LogP contribution is 2.14. The first kappa shape index (κ1) is 12.3. The molecule has 0 spiro atoms. The van der Waals surface area contributed by atoms with Crippen molar-refractivity contribution < 1.29 is 0 Å². The summed E-state index contributed by atoms with van der Waals surface area (Å²) in [6, 6.07) is 11.0. The molecule has 0 aromatic heterocycles. The second-order valence-electron chi connectivity index (χ2n) is 4.68. The van der Waals surface area contributed by atoms with Gasteiger partial charge in [-0.3, -0.25) is 4.90 Å². The predicted molar refractivity (Wildman–Crippen MR) is 73.7 cm³/mol. The number of benzene rings is 1. The van der Waals surface area contributed by atoms with Crippen LogP contribution in [-0.2, 0) is 0 Å². The molecule has 0 saturated carbocycles. The molecular weight excluding hydrogens is 208 g/mol. The normalized spacial score (nSPS) is 18.9. The summed E-state index contributed by atoms with van der Waals surface area (Å²) in [6.45, 7) is 3.21. The van der Waals surface area contributed by atoms with Crippen molar-refractivity contribution in [3.63, 3.8) is 0 Å². The maximum atomic E-state index is 5.86. The standard InChI is InChI=1S/C15H22N2/c16-13-15(17-11-4-5-12-17)10-6-9-14-7-2-1-3-8-14/h1-3,6-9,15H,4-5,10-13,16H2/b9-6-. The Hall–Kier alpha value is -1.12. The molecule has 1 aromatic carbocycles. The molecule has 1 atom stereocenters. The van der Waals surface area contributed by atoms with Gasteiger partial charge >= 0.3 is 0 Å². The van der Waals surface area contributed by atoms with Crippen LogP contribution in [-0.4, -0.2) is 30.6 Å². The van der Waals surface area contributed by atoms with Gasteiger partial charge in [-0.1, -0.05) is 42.5 Å². The molecule has 0 amide bonds. The number of rotatable bonds is 5.